The van der Waals surface area contributed by atoms with E-state index in [9.17, 15) is 14.4 Å². The van der Waals surface area contributed by atoms with Crippen molar-refractivity contribution in [2.75, 3.05) is 11.9 Å². The molecule has 20 heavy (non-hydrogen) atoms. The molecule has 2 rings (SSSR count). The van der Waals surface area contributed by atoms with Gasteiger partial charge < -0.3 is 5.32 Å². The minimum atomic E-state index is -0.252. The number of carbonyl (C=O) groups excluding carboxylic acids is 3. The Morgan fingerprint density at radius 2 is 1.95 bits per heavy atom. The number of anilines is 1. The number of imide groups is 1. The minimum absolute atomic E-state index is 0.0863. The van der Waals surface area contributed by atoms with Crippen LogP contribution >= 0.6 is 11.6 Å². The van der Waals surface area contributed by atoms with Gasteiger partial charge in [-0.2, -0.15) is 0 Å². The molecular formula is C14H15ClN2O3. The highest BCUT2D eigenvalue weighted by Gasteiger charge is 2.28. The van der Waals surface area contributed by atoms with Crippen LogP contribution in [0.3, 0.4) is 0 Å². The van der Waals surface area contributed by atoms with Crippen molar-refractivity contribution in [1.82, 2.24) is 4.90 Å². The first kappa shape index (κ1) is 14.5. The Hall–Kier alpha value is -1.88. The summed E-state index contributed by atoms with van der Waals surface area (Å²) in [4.78, 5) is 35.7. The van der Waals surface area contributed by atoms with Crippen molar-refractivity contribution in [2.24, 2.45) is 0 Å². The van der Waals surface area contributed by atoms with Crippen molar-refractivity contribution in [3.05, 3.63) is 28.8 Å². The summed E-state index contributed by atoms with van der Waals surface area (Å²) in [5, 5.41) is 3.27. The third-order valence-electron chi connectivity index (χ3n) is 3.17. The standard InChI is InChI=1S/C14H15ClN2O3/c1-9-2-3-10(8-11(9)15)16-12(18)6-7-17-13(19)4-5-14(17)20/h2-3,8H,4-7H2,1H3,(H,16,18). The predicted octanol–water partition coefficient (Wildman–Crippen LogP) is 2.13. The SMILES string of the molecule is Cc1ccc(NC(=O)CCN2C(=O)CCC2=O)cc1Cl. The van der Waals surface area contributed by atoms with Crippen LogP contribution in [0.4, 0.5) is 5.69 Å². The molecule has 3 amide bonds. The summed E-state index contributed by atoms with van der Waals surface area (Å²) in [6, 6.07) is 5.23. The third kappa shape index (κ3) is 3.36. The monoisotopic (exact) mass is 294 g/mol. The number of nitrogens with zero attached hydrogens (tertiary/aromatic N) is 1. The largest absolute Gasteiger partial charge is 0.326 e. The molecule has 1 aromatic carbocycles. The zero-order valence-electron chi connectivity index (χ0n) is 11.1. The zero-order valence-corrected chi connectivity index (χ0v) is 11.9. The van der Waals surface area contributed by atoms with E-state index in [1.807, 2.05) is 13.0 Å². The molecular weight excluding hydrogens is 280 g/mol. The summed E-state index contributed by atoms with van der Waals surface area (Å²) in [6.07, 6.45) is 0.574. The number of aryl methyl sites for hydroxylation is 1. The van der Waals surface area contributed by atoms with E-state index in [-0.39, 0.29) is 43.5 Å². The third-order valence-corrected chi connectivity index (χ3v) is 3.58. The molecule has 0 aromatic heterocycles. The first-order valence-electron chi connectivity index (χ1n) is 6.36. The second-order valence-electron chi connectivity index (χ2n) is 4.70. The normalized spacial score (nSPS) is 14.8. The maximum Gasteiger partial charge on any atom is 0.229 e. The predicted molar refractivity (Wildman–Crippen MR) is 75.4 cm³/mol. The van der Waals surface area contributed by atoms with Gasteiger partial charge in [-0.05, 0) is 24.6 Å². The van der Waals surface area contributed by atoms with E-state index in [2.05, 4.69) is 5.32 Å². The molecule has 1 aromatic rings. The summed E-state index contributed by atoms with van der Waals surface area (Å²) in [5.74, 6) is -0.667. The fourth-order valence-corrected chi connectivity index (χ4v) is 2.16. The first-order valence-corrected chi connectivity index (χ1v) is 6.74. The van der Waals surface area contributed by atoms with Crippen molar-refractivity contribution >= 4 is 35.0 Å². The van der Waals surface area contributed by atoms with Gasteiger partial charge in [0.25, 0.3) is 0 Å². The average Bonchev–Trinajstić information content (AvgIpc) is 2.71. The fourth-order valence-electron chi connectivity index (χ4n) is 1.98. The van der Waals surface area contributed by atoms with Gasteiger partial charge in [-0.3, -0.25) is 19.3 Å². The highest BCUT2D eigenvalue weighted by molar-refractivity contribution is 6.31. The Morgan fingerprint density at radius 3 is 2.55 bits per heavy atom. The second-order valence-corrected chi connectivity index (χ2v) is 5.11. The zero-order chi connectivity index (χ0) is 14.7. The highest BCUT2D eigenvalue weighted by Crippen LogP contribution is 2.20. The lowest BCUT2D eigenvalue weighted by Gasteiger charge is -2.13. The Morgan fingerprint density at radius 1 is 1.30 bits per heavy atom. The lowest BCUT2D eigenvalue weighted by atomic mass is 10.2. The van der Waals surface area contributed by atoms with Gasteiger partial charge in [0.15, 0.2) is 0 Å². The fraction of sp³-hybridized carbons (Fsp3) is 0.357. The molecule has 106 valence electrons. The molecule has 0 saturated carbocycles. The molecule has 1 aliphatic heterocycles. The number of nitrogens with one attached hydrogen (secondary N) is 1. The van der Waals surface area contributed by atoms with E-state index < -0.39 is 0 Å². The van der Waals surface area contributed by atoms with Crippen LogP contribution in [0.2, 0.25) is 5.02 Å². The Bertz CT molecular complexity index is 556. The molecule has 0 aliphatic carbocycles. The number of amides is 3. The van der Waals surface area contributed by atoms with Gasteiger partial charge in [0.1, 0.15) is 0 Å². The first-order chi connectivity index (χ1) is 9.47. The van der Waals surface area contributed by atoms with Crippen molar-refractivity contribution in [1.29, 1.82) is 0 Å². The molecule has 6 heteroatoms. The van der Waals surface area contributed by atoms with Crippen molar-refractivity contribution < 1.29 is 14.4 Å². The molecule has 0 bridgehead atoms. The van der Waals surface area contributed by atoms with Gasteiger partial charge in [-0.15, -0.1) is 0 Å². The lowest BCUT2D eigenvalue weighted by Crippen LogP contribution is -2.32. The van der Waals surface area contributed by atoms with Crippen LogP contribution in [0.5, 0.6) is 0 Å². The van der Waals surface area contributed by atoms with Crippen LogP contribution in [0, 0.1) is 6.92 Å². The topological polar surface area (TPSA) is 66.5 Å². The Kier molecular flexibility index (Phi) is 4.39. The molecule has 0 atom stereocenters. The van der Waals surface area contributed by atoms with Gasteiger partial charge in [-0.1, -0.05) is 17.7 Å². The van der Waals surface area contributed by atoms with Crippen LogP contribution < -0.4 is 5.32 Å². The summed E-state index contributed by atoms with van der Waals surface area (Å²) >= 11 is 5.97. The van der Waals surface area contributed by atoms with Crippen molar-refractivity contribution in [3.8, 4) is 0 Å². The van der Waals surface area contributed by atoms with E-state index in [4.69, 9.17) is 11.6 Å². The van der Waals surface area contributed by atoms with Gasteiger partial charge in [0, 0.05) is 36.5 Å². The summed E-state index contributed by atoms with van der Waals surface area (Å²) in [7, 11) is 0. The molecule has 1 N–H and O–H groups in total. The van der Waals surface area contributed by atoms with Crippen LogP contribution in [0.25, 0.3) is 0 Å². The average molecular weight is 295 g/mol. The van der Waals surface area contributed by atoms with E-state index in [1.54, 1.807) is 12.1 Å². The molecule has 1 aliphatic rings. The van der Waals surface area contributed by atoms with Gasteiger partial charge in [0.2, 0.25) is 17.7 Å². The molecule has 0 radical (unpaired) electrons. The maximum absolute atomic E-state index is 11.8. The van der Waals surface area contributed by atoms with Crippen molar-refractivity contribution in [2.45, 2.75) is 26.2 Å². The molecule has 0 spiro atoms. The van der Waals surface area contributed by atoms with E-state index in [0.29, 0.717) is 10.7 Å². The smallest absolute Gasteiger partial charge is 0.229 e. The number of carbonyl (C=O) groups is 3. The number of halogens is 1. The number of hydrogen-bond donors (Lipinski definition) is 1. The molecule has 0 unspecified atom stereocenters. The highest BCUT2D eigenvalue weighted by atomic mass is 35.5. The molecule has 1 fully saturated rings. The number of hydrogen-bond acceptors (Lipinski definition) is 3. The van der Waals surface area contributed by atoms with Crippen LogP contribution in [0.15, 0.2) is 18.2 Å². The maximum atomic E-state index is 11.8. The second kappa shape index (κ2) is 6.05. The minimum Gasteiger partial charge on any atom is -0.326 e. The van der Waals surface area contributed by atoms with Gasteiger partial charge in [0.05, 0.1) is 0 Å². The Labute approximate surface area is 121 Å². The molecule has 1 saturated heterocycles. The van der Waals surface area contributed by atoms with E-state index >= 15 is 0 Å². The quantitative estimate of drug-likeness (QED) is 0.865. The van der Waals surface area contributed by atoms with Crippen molar-refractivity contribution in [3.63, 3.8) is 0 Å². The lowest BCUT2D eigenvalue weighted by molar-refractivity contribution is -0.138. The van der Waals surface area contributed by atoms with Crippen LogP contribution in [-0.4, -0.2) is 29.2 Å². The number of likely N-dealkylation sites (tertiary alicyclic amines) is 1. The summed E-state index contributed by atoms with van der Waals surface area (Å²) in [6.45, 7) is 2.00. The van der Waals surface area contributed by atoms with Crippen LogP contribution in [-0.2, 0) is 14.4 Å². The summed E-state index contributed by atoms with van der Waals surface area (Å²) in [5.41, 5.74) is 1.53. The molecule has 1 heterocycles. The number of rotatable bonds is 4. The van der Waals surface area contributed by atoms with Crippen LogP contribution in [0.1, 0.15) is 24.8 Å². The molecule has 5 nitrogen and oxygen atoms in total. The van der Waals surface area contributed by atoms with E-state index in [1.165, 1.54) is 0 Å². The van der Waals surface area contributed by atoms with Gasteiger partial charge in [-0.25, -0.2) is 0 Å². The van der Waals surface area contributed by atoms with E-state index in [0.717, 1.165) is 10.5 Å². The summed E-state index contributed by atoms with van der Waals surface area (Å²) < 4.78 is 0. The van der Waals surface area contributed by atoms with Gasteiger partial charge >= 0.3 is 0 Å². The Balaban J connectivity index is 1.88. The number of benzene rings is 1.